The zero-order valence-electron chi connectivity index (χ0n) is 31.6. The molecule has 4 bridgehead atoms. The van der Waals surface area contributed by atoms with Crippen LogP contribution in [0, 0.1) is 23.2 Å². The zero-order chi connectivity index (χ0) is 37.7. The Labute approximate surface area is 306 Å². The number of nitrogens with zero attached hydrogens (tertiary/aromatic N) is 1. The van der Waals surface area contributed by atoms with E-state index in [2.05, 4.69) is 31.8 Å². The maximum Gasteiger partial charge on any atom is 0.318 e. The van der Waals surface area contributed by atoms with Gasteiger partial charge in [0.05, 0.1) is 31.7 Å². The molecule has 0 radical (unpaired) electrons. The van der Waals surface area contributed by atoms with Crippen LogP contribution in [0.25, 0.3) is 0 Å². The van der Waals surface area contributed by atoms with E-state index in [-0.39, 0.29) is 31.7 Å². The summed E-state index contributed by atoms with van der Waals surface area (Å²) in [6, 6.07) is 3.31. The molecule has 7 atom stereocenters. The van der Waals surface area contributed by atoms with Gasteiger partial charge in [-0.15, -0.1) is 0 Å². The molecule has 12 nitrogen and oxygen atoms in total. The number of fused-ring (bicyclic) bond motifs is 6. The molecule has 0 unspecified atom stereocenters. The molecule has 5 heterocycles. The predicted octanol–water partition coefficient (Wildman–Crippen LogP) is 4.92. The maximum atomic E-state index is 13.7. The first-order valence-corrected chi connectivity index (χ1v) is 18.6. The molecule has 0 spiro atoms. The van der Waals surface area contributed by atoms with Gasteiger partial charge in [-0.2, -0.15) is 0 Å². The standard InChI is InChI=1S/C40H56N2O10/c1-22(2)15-26-17-34(45)51-36-35(52-39(47)40(36,7)21-44)25(6)10-11-27-12-13-30(41-27)37-42-31(33(50-37)20-49-38(26)46)18-28-29(24(5)9-8-14-43)19-48-32(28)16-23(3)4/h10,12-13,18,22-23,26,31-33,35-36,41,43-44H,8-9,11,14-17,19-21H2,1-7H3/b25-10-,28-18-,29-24+/t26-,31-,32-,33-,35+,36-,40+/m0/s1. The fraction of sp³-hybridized carbons (Fsp3) is 0.650. The van der Waals surface area contributed by atoms with Crippen molar-refractivity contribution in [2.75, 3.05) is 26.4 Å². The van der Waals surface area contributed by atoms with E-state index >= 15 is 0 Å². The number of carbonyl (C=O) groups excluding carboxylic acids is 3. The van der Waals surface area contributed by atoms with Gasteiger partial charge in [0.25, 0.3) is 0 Å². The Balaban J connectivity index is 1.53. The number of cyclic esters (lactones) is 1. The van der Waals surface area contributed by atoms with Crippen LogP contribution >= 0.6 is 0 Å². The van der Waals surface area contributed by atoms with Gasteiger partial charge in [-0.05, 0) is 93.2 Å². The number of hydrogen-bond acceptors (Lipinski definition) is 11. The highest BCUT2D eigenvalue weighted by Gasteiger charge is 2.57. The van der Waals surface area contributed by atoms with E-state index in [9.17, 15) is 24.6 Å². The minimum Gasteiger partial charge on any atom is -0.467 e. The number of H-pyrrole nitrogens is 1. The van der Waals surface area contributed by atoms with E-state index in [1.165, 1.54) is 6.92 Å². The molecule has 1 aromatic heterocycles. The normalized spacial score (nSPS) is 32.8. The molecule has 4 aliphatic rings. The summed E-state index contributed by atoms with van der Waals surface area (Å²) in [4.78, 5) is 48.6. The van der Waals surface area contributed by atoms with Gasteiger partial charge in [0.15, 0.2) is 18.3 Å². The largest absolute Gasteiger partial charge is 0.467 e. The van der Waals surface area contributed by atoms with Crippen molar-refractivity contribution < 1.29 is 48.3 Å². The van der Waals surface area contributed by atoms with Crippen molar-refractivity contribution in [2.24, 2.45) is 28.2 Å². The molecule has 0 saturated carbocycles. The summed E-state index contributed by atoms with van der Waals surface area (Å²) in [6.07, 6.45) is 4.02. The quantitative estimate of drug-likeness (QED) is 0.181. The Bertz CT molecular complexity index is 1600. The highest BCUT2D eigenvalue weighted by atomic mass is 16.6. The smallest absolute Gasteiger partial charge is 0.318 e. The number of esters is 3. The number of hydrogen-bond donors (Lipinski definition) is 3. The Morgan fingerprint density at radius 3 is 2.52 bits per heavy atom. The maximum absolute atomic E-state index is 13.7. The van der Waals surface area contributed by atoms with Crippen LogP contribution in [0.5, 0.6) is 0 Å². The first-order chi connectivity index (χ1) is 24.7. The molecule has 2 fully saturated rings. The van der Waals surface area contributed by atoms with E-state index in [0.717, 1.165) is 35.3 Å². The van der Waals surface area contributed by atoms with Crippen molar-refractivity contribution in [3.05, 3.63) is 58.0 Å². The number of aliphatic hydroxyl groups excluding tert-OH is 2. The second-order valence-electron chi connectivity index (χ2n) is 15.7. The lowest BCUT2D eigenvalue weighted by molar-refractivity contribution is -0.164. The number of aromatic amines is 1. The molecule has 5 rings (SSSR count). The third-order valence-corrected chi connectivity index (χ3v) is 10.4. The molecule has 286 valence electrons. The van der Waals surface area contributed by atoms with E-state index < -0.39 is 60.2 Å². The summed E-state index contributed by atoms with van der Waals surface area (Å²) in [7, 11) is 0. The lowest BCUT2D eigenvalue weighted by Crippen LogP contribution is -2.43. The predicted molar refractivity (Wildman–Crippen MR) is 193 cm³/mol. The molecule has 3 N–H and O–H groups in total. The van der Waals surface area contributed by atoms with Crippen LogP contribution in [-0.2, 0) is 44.5 Å². The molecule has 4 aliphatic heterocycles. The first kappa shape index (κ1) is 39.5. The molecule has 1 aromatic rings. The second-order valence-corrected chi connectivity index (χ2v) is 15.7. The van der Waals surface area contributed by atoms with Gasteiger partial charge in [-0.25, -0.2) is 4.99 Å². The average Bonchev–Trinajstić information content (AvgIpc) is 3.87. The summed E-state index contributed by atoms with van der Waals surface area (Å²) >= 11 is 0. The average molecular weight is 725 g/mol. The molecular formula is C40H56N2O10. The van der Waals surface area contributed by atoms with Crippen molar-refractivity contribution >= 4 is 23.8 Å². The molecule has 52 heavy (non-hydrogen) atoms. The van der Waals surface area contributed by atoms with E-state index in [1.54, 1.807) is 6.92 Å². The van der Waals surface area contributed by atoms with Gasteiger partial charge in [0, 0.05) is 18.7 Å². The van der Waals surface area contributed by atoms with Crippen LogP contribution in [0.15, 0.2) is 51.6 Å². The SMILES string of the molecule is C/C1=C/Cc2ccc([nH]2)C2=N[C@@H](/C=C3/C(=C(\C)CCCO)CO[C@H]3CC(C)C)[C@H](COC(=O)[C@@H](CC(C)C)CC(=O)O[C@H]3[C@@H]1OC(=O)[C@]3(C)CO)O2. The number of aliphatic imine (C=N–C) groups is 1. The minimum absolute atomic E-state index is 0.0667. The van der Waals surface area contributed by atoms with Crippen molar-refractivity contribution in [3.63, 3.8) is 0 Å². The lowest BCUT2D eigenvalue weighted by Gasteiger charge is -2.28. The van der Waals surface area contributed by atoms with Crippen LogP contribution in [0.3, 0.4) is 0 Å². The van der Waals surface area contributed by atoms with Crippen molar-refractivity contribution in [2.45, 2.75) is 117 Å². The Hall–Kier alpha value is -3.74. The highest BCUT2D eigenvalue weighted by molar-refractivity contribution is 5.94. The Kier molecular flexibility index (Phi) is 12.9. The number of rotatable bonds is 9. The summed E-state index contributed by atoms with van der Waals surface area (Å²) in [6.45, 7) is 13.5. The monoisotopic (exact) mass is 724 g/mol. The highest BCUT2D eigenvalue weighted by Crippen LogP contribution is 2.40. The molecule has 0 amide bonds. The van der Waals surface area contributed by atoms with Crippen molar-refractivity contribution in [1.29, 1.82) is 0 Å². The van der Waals surface area contributed by atoms with Crippen molar-refractivity contribution in [1.82, 2.24) is 4.98 Å². The van der Waals surface area contributed by atoms with Crippen molar-refractivity contribution in [3.8, 4) is 0 Å². The number of allylic oxidation sites excluding steroid dienone is 2. The van der Waals surface area contributed by atoms with Crippen LogP contribution in [-0.4, -0.2) is 95.9 Å². The van der Waals surface area contributed by atoms with Gasteiger partial charge < -0.3 is 38.9 Å². The number of ether oxygens (including phenoxy) is 5. The fourth-order valence-corrected chi connectivity index (χ4v) is 7.32. The zero-order valence-corrected chi connectivity index (χ0v) is 31.6. The van der Waals surface area contributed by atoms with Gasteiger partial charge in [-0.3, -0.25) is 14.4 Å². The van der Waals surface area contributed by atoms with Crippen LogP contribution in [0.1, 0.15) is 92.0 Å². The fourth-order valence-electron chi connectivity index (χ4n) is 7.32. The van der Waals surface area contributed by atoms with Crippen LogP contribution < -0.4 is 0 Å². The molecule has 0 aliphatic carbocycles. The van der Waals surface area contributed by atoms with Crippen LogP contribution in [0.2, 0.25) is 0 Å². The lowest BCUT2D eigenvalue weighted by atomic mass is 9.83. The van der Waals surface area contributed by atoms with E-state index in [0.29, 0.717) is 49.0 Å². The number of aliphatic hydroxyl groups is 2. The number of nitrogens with one attached hydrogen (secondary N) is 1. The Morgan fingerprint density at radius 2 is 1.83 bits per heavy atom. The number of aromatic nitrogens is 1. The second kappa shape index (κ2) is 16.9. The minimum atomic E-state index is -1.47. The topological polar surface area (TPSA) is 166 Å². The summed E-state index contributed by atoms with van der Waals surface area (Å²) in [5, 5.41) is 19.7. The third kappa shape index (κ3) is 8.89. The van der Waals surface area contributed by atoms with Crippen LogP contribution in [0.4, 0.5) is 0 Å². The van der Waals surface area contributed by atoms with Gasteiger partial charge >= 0.3 is 17.9 Å². The summed E-state index contributed by atoms with van der Waals surface area (Å²) < 4.78 is 30.3. The molecule has 2 saturated heterocycles. The third-order valence-electron chi connectivity index (χ3n) is 10.4. The molecule has 12 heteroatoms. The first-order valence-electron chi connectivity index (χ1n) is 18.6. The molecule has 0 aromatic carbocycles. The summed E-state index contributed by atoms with van der Waals surface area (Å²) in [5.74, 6) is -1.86. The number of carbonyl (C=O) groups is 3. The molecular weight excluding hydrogens is 668 g/mol. The van der Waals surface area contributed by atoms with Gasteiger partial charge in [-0.1, -0.05) is 39.3 Å². The summed E-state index contributed by atoms with van der Waals surface area (Å²) in [5.41, 5.74) is 4.02. The van der Waals surface area contributed by atoms with Gasteiger partial charge in [0.1, 0.15) is 23.8 Å². The van der Waals surface area contributed by atoms with Gasteiger partial charge in [0.2, 0.25) is 5.90 Å². The van der Waals surface area contributed by atoms with E-state index in [4.69, 9.17) is 28.7 Å². The Morgan fingerprint density at radius 1 is 1.08 bits per heavy atom. The van der Waals surface area contributed by atoms with E-state index in [1.807, 2.05) is 32.1 Å².